The van der Waals surface area contributed by atoms with Gasteiger partial charge in [-0.05, 0) is 72.6 Å². The van der Waals surface area contributed by atoms with E-state index in [1.807, 2.05) is 0 Å². The zero-order valence-corrected chi connectivity index (χ0v) is 23.3. The van der Waals surface area contributed by atoms with E-state index in [4.69, 9.17) is 27.9 Å². The molecule has 3 aromatic rings. The maximum Gasteiger partial charge on any atom is 0.337 e. The Morgan fingerprint density at radius 3 is 2.00 bits per heavy atom. The quantitative estimate of drug-likeness (QED) is 0.381. The van der Waals surface area contributed by atoms with Gasteiger partial charge in [-0.1, -0.05) is 47.5 Å². The fourth-order valence-corrected chi connectivity index (χ4v) is 7.22. The van der Waals surface area contributed by atoms with Gasteiger partial charge in [0.25, 0.3) is 0 Å². The van der Waals surface area contributed by atoms with Crippen molar-refractivity contribution in [3.63, 3.8) is 0 Å². The molecule has 1 heterocycles. The molecule has 0 saturated carbocycles. The van der Waals surface area contributed by atoms with Crippen LogP contribution >= 0.6 is 23.2 Å². The largest absolute Gasteiger partial charge is 0.465 e. The van der Waals surface area contributed by atoms with Crippen LogP contribution in [0.15, 0.2) is 88.7 Å². The third-order valence-corrected chi connectivity index (χ3v) is 9.95. The molecule has 0 radical (unpaired) electrons. The highest BCUT2D eigenvalue weighted by Gasteiger charge is 2.40. The Balaban J connectivity index is 1.61. The predicted molar refractivity (Wildman–Crippen MR) is 146 cm³/mol. The Hall–Kier alpha value is -2.73. The van der Waals surface area contributed by atoms with Crippen LogP contribution in [0.5, 0.6) is 0 Å². The number of nitrogens with one attached hydrogen (secondary N) is 1. The number of nitrogens with zero attached hydrogens (tertiary/aromatic N) is 1. The first kappa shape index (κ1) is 28.3. The molecule has 8 nitrogen and oxygen atoms in total. The van der Waals surface area contributed by atoms with Gasteiger partial charge in [-0.3, -0.25) is 0 Å². The number of carbonyl (C=O) groups is 1. The van der Waals surface area contributed by atoms with Crippen LogP contribution in [0.25, 0.3) is 6.08 Å². The number of sulfonamides is 2. The summed E-state index contributed by atoms with van der Waals surface area (Å²) in [5.74, 6) is -0.465. The van der Waals surface area contributed by atoms with E-state index >= 15 is 0 Å². The Labute approximate surface area is 231 Å². The van der Waals surface area contributed by atoms with Crippen LogP contribution in [0, 0.1) is 0 Å². The van der Waals surface area contributed by atoms with Crippen LogP contribution in [0.1, 0.15) is 22.3 Å². The molecule has 1 aliphatic rings. The number of carbonyl (C=O) groups excluding carboxylic acids is 1. The molecule has 1 aliphatic heterocycles. The smallest absolute Gasteiger partial charge is 0.337 e. The molecule has 0 aliphatic carbocycles. The molecular weight excluding hydrogens is 571 g/mol. The number of hydrogen-bond acceptors (Lipinski definition) is 6. The summed E-state index contributed by atoms with van der Waals surface area (Å²) in [5.41, 5.74) is 1.11. The maximum absolute atomic E-state index is 13.5. The fraction of sp³-hybridized carbons (Fsp3) is 0.192. The number of methoxy groups -OCH3 is 1. The summed E-state index contributed by atoms with van der Waals surface area (Å²) >= 11 is 11.8. The van der Waals surface area contributed by atoms with E-state index in [1.54, 1.807) is 36.4 Å². The van der Waals surface area contributed by atoms with E-state index < -0.39 is 38.1 Å². The number of esters is 1. The summed E-state index contributed by atoms with van der Waals surface area (Å²) in [7, 11) is -6.61. The van der Waals surface area contributed by atoms with Gasteiger partial charge in [-0.25, -0.2) is 26.4 Å². The molecule has 4 rings (SSSR count). The second-order valence-electron chi connectivity index (χ2n) is 8.58. The number of benzene rings is 3. The van der Waals surface area contributed by atoms with Gasteiger partial charge in [-0.2, -0.15) is 4.31 Å². The lowest BCUT2D eigenvalue weighted by Crippen LogP contribution is -2.39. The van der Waals surface area contributed by atoms with Gasteiger partial charge in [0.15, 0.2) is 0 Å². The summed E-state index contributed by atoms with van der Waals surface area (Å²) < 4.78 is 61.6. The van der Waals surface area contributed by atoms with Crippen molar-refractivity contribution in [3.05, 3.63) is 100 Å². The molecule has 1 saturated heterocycles. The number of ether oxygens (including phenoxy) is 1. The fourth-order valence-electron chi connectivity index (χ4n) is 4.09. The van der Waals surface area contributed by atoms with Crippen molar-refractivity contribution in [2.24, 2.45) is 0 Å². The standard InChI is InChI=1S/C26H24Cl2N2O6S2/c1-36-26(31)19-5-2-18(3-6-19)4-11-23-16-22(29-37(32,33)24-12-7-20(27)8-13-24)17-30(23)38(34,35)25-14-9-21(28)10-15-25/h2-15,22-23,29H,16-17H2,1H3/t22-,23-/m1/s1. The molecule has 3 aromatic carbocycles. The minimum atomic E-state index is -3.98. The average molecular weight is 596 g/mol. The first-order chi connectivity index (χ1) is 18.0. The molecule has 0 spiro atoms. The van der Waals surface area contributed by atoms with Gasteiger partial charge < -0.3 is 4.74 Å². The van der Waals surface area contributed by atoms with Crippen molar-refractivity contribution in [2.45, 2.75) is 28.3 Å². The maximum atomic E-state index is 13.5. The van der Waals surface area contributed by atoms with Crippen molar-refractivity contribution in [2.75, 3.05) is 13.7 Å². The van der Waals surface area contributed by atoms with Crippen LogP contribution in [0.4, 0.5) is 0 Å². The normalized spacial score (nSPS) is 18.6. The molecular formula is C26H24Cl2N2O6S2. The van der Waals surface area contributed by atoms with Gasteiger partial charge in [-0.15, -0.1) is 0 Å². The van der Waals surface area contributed by atoms with Crippen molar-refractivity contribution in [3.8, 4) is 0 Å². The minimum absolute atomic E-state index is 0.0266. The van der Waals surface area contributed by atoms with Crippen LogP contribution in [-0.2, 0) is 24.8 Å². The summed E-state index contributed by atoms with van der Waals surface area (Å²) in [6, 6.07) is 16.8. The topological polar surface area (TPSA) is 110 Å². The van der Waals surface area contributed by atoms with Crippen LogP contribution < -0.4 is 4.72 Å². The van der Waals surface area contributed by atoms with Crippen LogP contribution in [0.2, 0.25) is 10.0 Å². The Morgan fingerprint density at radius 1 is 0.895 bits per heavy atom. The Morgan fingerprint density at radius 2 is 1.45 bits per heavy atom. The predicted octanol–water partition coefficient (Wildman–Crippen LogP) is 4.60. The number of halogens is 2. The summed E-state index contributed by atoms with van der Waals surface area (Å²) in [6.45, 7) is -0.0753. The average Bonchev–Trinajstić information content (AvgIpc) is 3.30. The highest BCUT2D eigenvalue weighted by molar-refractivity contribution is 7.89. The van der Waals surface area contributed by atoms with Crippen molar-refractivity contribution >= 4 is 55.3 Å². The van der Waals surface area contributed by atoms with Crippen molar-refractivity contribution in [1.29, 1.82) is 0 Å². The van der Waals surface area contributed by atoms with E-state index in [0.29, 0.717) is 15.6 Å². The van der Waals surface area contributed by atoms with Gasteiger partial charge in [0.2, 0.25) is 20.0 Å². The number of rotatable bonds is 8. The van der Waals surface area contributed by atoms with E-state index in [9.17, 15) is 21.6 Å². The zero-order valence-electron chi connectivity index (χ0n) is 20.1. The number of hydrogen-bond donors (Lipinski definition) is 1. The first-order valence-electron chi connectivity index (χ1n) is 11.4. The summed E-state index contributed by atoms with van der Waals surface area (Å²) in [5, 5.41) is 0.792. The third kappa shape index (κ3) is 6.45. The second kappa shape index (κ2) is 11.6. The highest BCUT2D eigenvalue weighted by Crippen LogP contribution is 2.29. The molecule has 1 N–H and O–H groups in total. The second-order valence-corrected chi connectivity index (χ2v) is 13.1. The third-order valence-electron chi connectivity index (χ3n) is 6.00. The molecule has 0 amide bonds. The van der Waals surface area contributed by atoms with Gasteiger partial charge in [0.05, 0.1) is 22.5 Å². The zero-order chi connectivity index (χ0) is 27.5. The molecule has 1 fully saturated rings. The van der Waals surface area contributed by atoms with Gasteiger partial charge >= 0.3 is 5.97 Å². The van der Waals surface area contributed by atoms with Crippen molar-refractivity contribution < 1.29 is 26.4 Å². The minimum Gasteiger partial charge on any atom is -0.465 e. The molecule has 200 valence electrons. The summed E-state index contributed by atoms with van der Waals surface area (Å²) in [6.07, 6.45) is 3.64. The molecule has 38 heavy (non-hydrogen) atoms. The van der Waals surface area contributed by atoms with Crippen LogP contribution in [-0.4, -0.2) is 52.8 Å². The monoisotopic (exact) mass is 594 g/mol. The van der Waals surface area contributed by atoms with Gasteiger partial charge in [0, 0.05) is 28.7 Å². The highest BCUT2D eigenvalue weighted by atomic mass is 35.5. The lowest BCUT2D eigenvalue weighted by molar-refractivity contribution is 0.0600. The Bertz CT molecular complexity index is 1540. The molecule has 12 heteroatoms. The molecule has 0 bridgehead atoms. The molecule has 2 atom stereocenters. The molecule has 0 unspecified atom stereocenters. The first-order valence-corrected chi connectivity index (χ1v) is 15.1. The van der Waals surface area contributed by atoms with E-state index in [2.05, 4.69) is 4.72 Å². The Kier molecular flexibility index (Phi) is 8.61. The van der Waals surface area contributed by atoms with E-state index in [0.717, 1.165) is 5.56 Å². The summed E-state index contributed by atoms with van der Waals surface area (Å²) in [4.78, 5) is 11.8. The van der Waals surface area contributed by atoms with E-state index in [-0.39, 0.29) is 22.8 Å². The van der Waals surface area contributed by atoms with Crippen molar-refractivity contribution in [1.82, 2.24) is 9.03 Å². The lowest BCUT2D eigenvalue weighted by Gasteiger charge is -2.22. The molecule has 0 aromatic heterocycles. The SMILES string of the molecule is COC(=O)c1ccc(C=C[C@@H]2C[C@@H](NS(=O)(=O)c3ccc(Cl)cc3)CN2S(=O)(=O)c2ccc(Cl)cc2)cc1. The van der Waals surface area contributed by atoms with Crippen LogP contribution in [0.3, 0.4) is 0 Å². The van der Waals surface area contributed by atoms with E-state index in [1.165, 1.54) is 59.9 Å². The lowest BCUT2D eigenvalue weighted by atomic mass is 10.1. The van der Waals surface area contributed by atoms with Gasteiger partial charge in [0.1, 0.15) is 0 Å².